The van der Waals surface area contributed by atoms with Crippen LogP contribution in [0.5, 0.6) is 0 Å². The molecular weight excluding hydrogens is 226 g/mol. The van der Waals surface area contributed by atoms with Gasteiger partial charge in [0, 0.05) is 12.5 Å². The number of carbonyl (C=O) groups is 1. The van der Waals surface area contributed by atoms with E-state index in [4.69, 9.17) is 0 Å². The highest BCUT2D eigenvalue weighted by atomic mass is 32.2. The fourth-order valence-corrected chi connectivity index (χ4v) is 5.15. The van der Waals surface area contributed by atoms with Crippen LogP contribution < -0.4 is 0 Å². The molecular formula is C11H17NO3S. The highest BCUT2D eigenvalue weighted by Gasteiger charge is 2.47. The summed E-state index contributed by atoms with van der Waals surface area (Å²) >= 11 is 0. The van der Waals surface area contributed by atoms with Crippen LogP contribution in [0.3, 0.4) is 0 Å². The van der Waals surface area contributed by atoms with Crippen molar-refractivity contribution in [3.05, 3.63) is 0 Å². The Labute approximate surface area is 96.1 Å². The molecule has 1 aliphatic heterocycles. The van der Waals surface area contributed by atoms with Gasteiger partial charge in [0.15, 0.2) is 0 Å². The van der Waals surface area contributed by atoms with Crippen LogP contribution in [-0.2, 0) is 14.8 Å². The third-order valence-corrected chi connectivity index (χ3v) is 6.24. The van der Waals surface area contributed by atoms with Crippen LogP contribution in [0, 0.1) is 17.8 Å². The standard InChI is InChI=1S/C11H17NO3S/c13-11(12-4-1-5-16(12,14)15)10-7-8-2-3-9(10)6-8/h8-10H,1-7H2. The number of carbonyl (C=O) groups excluding carboxylic acids is 1. The topological polar surface area (TPSA) is 54.5 Å². The maximum absolute atomic E-state index is 12.2. The number of nitrogens with zero attached hydrogens (tertiary/aromatic N) is 1. The average Bonchev–Trinajstić information content (AvgIpc) is 2.90. The van der Waals surface area contributed by atoms with Gasteiger partial charge in [0.1, 0.15) is 0 Å². The van der Waals surface area contributed by atoms with Crippen LogP contribution in [0.25, 0.3) is 0 Å². The molecule has 0 aromatic rings. The molecule has 3 fully saturated rings. The van der Waals surface area contributed by atoms with Crippen molar-refractivity contribution in [3.8, 4) is 0 Å². The second kappa shape index (κ2) is 3.45. The molecule has 1 saturated heterocycles. The van der Waals surface area contributed by atoms with Gasteiger partial charge in [-0.3, -0.25) is 4.79 Å². The molecule has 0 aromatic heterocycles. The minimum absolute atomic E-state index is 0.00613. The molecule has 0 N–H and O–H groups in total. The Hall–Kier alpha value is -0.580. The summed E-state index contributed by atoms with van der Waals surface area (Å²) in [5.74, 6) is 1.20. The molecule has 0 aromatic carbocycles. The molecule has 3 unspecified atom stereocenters. The Bertz CT molecular complexity index is 417. The van der Waals surface area contributed by atoms with Gasteiger partial charge in [-0.15, -0.1) is 0 Å². The molecule has 3 aliphatic rings. The number of fused-ring (bicyclic) bond motifs is 2. The van der Waals surface area contributed by atoms with E-state index >= 15 is 0 Å². The zero-order valence-corrected chi connectivity index (χ0v) is 10.1. The number of hydrogen-bond acceptors (Lipinski definition) is 3. The Kier molecular flexibility index (Phi) is 2.28. The van der Waals surface area contributed by atoms with E-state index in [1.165, 1.54) is 6.42 Å². The molecule has 2 aliphatic carbocycles. The normalized spacial score (nSPS) is 40.5. The van der Waals surface area contributed by atoms with Gasteiger partial charge in [-0.2, -0.15) is 0 Å². The molecule has 16 heavy (non-hydrogen) atoms. The first kappa shape index (κ1) is 10.6. The molecule has 90 valence electrons. The largest absolute Gasteiger partial charge is 0.273 e. The summed E-state index contributed by atoms with van der Waals surface area (Å²) in [6, 6.07) is 0. The lowest BCUT2D eigenvalue weighted by Crippen LogP contribution is -2.39. The van der Waals surface area contributed by atoms with Crippen LogP contribution in [0.4, 0.5) is 0 Å². The van der Waals surface area contributed by atoms with Gasteiger partial charge in [-0.05, 0) is 37.5 Å². The molecule has 1 amide bonds. The predicted octanol–water partition coefficient (Wildman–Crippen LogP) is 0.985. The number of hydrogen-bond donors (Lipinski definition) is 0. The van der Waals surface area contributed by atoms with Gasteiger partial charge < -0.3 is 0 Å². The summed E-state index contributed by atoms with van der Waals surface area (Å²) in [5.41, 5.74) is 0. The zero-order chi connectivity index (χ0) is 11.3. The van der Waals surface area contributed by atoms with Gasteiger partial charge in [-0.25, -0.2) is 12.7 Å². The summed E-state index contributed by atoms with van der Waals surface area (Å²) in [4.78, 5) is 12.2. The highest BCUT2D eigenvalue weighted by Crippen LogP contribution is 2.49. The highest BCUT2D eigenvalue weighted by molar-refractivity contribution is 7.89. The third kappa shape index (κ3) is 1.48. The third-order valence-electron chi connectivity index (χ3n) is 4.40. The van der Waals surface area contributed by atoms with E-state index in [2.05, 4.69) is 0 Å². The Morgan fingerprint density at radius 2 is 2.00 bits per heavy atom. The van der Waals surface area contributed by atoms with E-state index in [-0.39, 0.29) is 17.6 Å². The smallest absolute Gasteiger partial charge is 0.239 e. The molecule has 2 saturated carbocycles. The molecule has 1 heterocycles. The van der Waals surface area contributed by atoms with E-state index in [0.717, 1.165) is 23.6 Å². The summed E-state index contributed by atoms with van der Waals surface area (Å²) in [5, 5.41) is 0. The fourth-order valence-electron chi connectivity index (χ4n) is 3.62. The second-order valence-electron chi connectivity index (χ2n) is 5.36. The fraction of sp³-hybridized carbons (Fsp3) is 0.909. The maximum atomic E-state index is 12.2. The second-order valence-corrected chi connectivity index (χ2v) is 7.37. The summed E-state index contributed by atoms with van der Waals surface area (Å²) in [6.45, 7) is 0.412. The maximum Gasteiger partial charge on any atom is 0.239 e. The van der Waals surface area contributed by atoms with E-state index < -0.39 is 10.0 Å². The number of sulfonamides is 1. The molecule has 4 nitrogen and oxygen atoms in total. The number of amides is 1. The molecule has 3 atom stereocenters. The molecule has 5 heteroatoms. The van der Waals surface area contributed by atoms with Crippen LogP contribution in [0.15, 0.2) is 0 Å². The van der Waals surface area contributed by atoms with Crippen LogP contribution in [-0.4, -0.2) is 30.9 Å². The van der Waals surface area contributed by atoms with Crippen molar-refractivity contribution in [2.24, 2.45) is 17.8 Å². The van der Waals surface area contributed by atoms with Gasteiger partial charge in [0.25, 0.3) is 0 Å². The monoisotopic (exact) mass is 243 g/mol. The predicted molar refractivity (Wildman–Crippen MR) is 59.1 cm³/mol. The van der Waals surface area contributed by atoms with Crippen molar-refractivity contribution in [1.82, 2.24) is 4.31 Å². The van der Waals surface area contributed by atoms with Crippen molar-refractivity contribution < 1.29 is 13.2 Å². The summed E-state index contributed by atoms with van der Waals surface area (Å²) in [7, 11) is -3.26. The van der Waals surface area contributed by atoms with Gasteiger partial charge in [0.05, 0.1) is 5.75 Å². The Morgan fingerprint density at radius 1 is 1.19 bits per heavy atom. The lowest BCUT2D eigenvalue weighted by molar-refractivity contribution is -0.131. The van der Waals surface area contributed by atoms with Gasteiger partial charge >= 0.3 is 0 Å². The first-order valence-corrected chi connectivity index (χ1v) is 7.73. The van der Waals surface area contributed by atoms with Crippen LogP contribution in [0.1, 0.15) is 32.1 Å². The molecule has 3 rings (SSSR count). The van der Waals surface area contributed by atoms with E-state index in [1.54, 1.807) is 0 Å². The minimum Gasteiger partial charge on any atom is -0.273 e. The molecule has 0 spiro atoms. The minimum atomic E-state index is -3.26. The van der Waals surface area contributed by atoms with Crippen molar-refractivity contribution in [3.63, 3.8) is 0 Å². The van der Waals surface area contributed by atoms with Crippen molar-refractivity contribution in [1.29, 1.82) is 0 Å². The number of rotatable bonds is 1. The van der Waals surface area contributed by atoms with E-state index in [9.17, 15) is 13.2 Å². The van der Waals surface area contributed by atoms with Crippen molar-refractivity contribution in [2.45, 2.75) is 32.1 Å². The lowest BCUT2D eigenvalue weighted by Gasteiger charge is -2.25. The van der Waals surface area contributed by atoms with Crippen molar-refractivity contribution >= 4 is 15.9 Å². The van der Waals surface area contributed by atoms with E-state index in [1.807, 2.05) is 0 Å². The lowest BCUT2D eigenvalue weighted by atomic mass is 9.88. The molecule has 0 radical (unpaired) electrons. The van der Waals surface area contributed by atoms with Crippen LogP contribution >= 0.6 is 0 Å². The van der Waals surface area contributed by atoms with Crippen LogP contribution in [0.2, 0.25) is 0 Å². The van der Waals surface area contributed by atoms with Gasteiger partial charge in [0.2, 0.25) is 15.9 Å². The zero-order valence-electron chi connectivity index (χ0n) is 9.26. The first-order valence-electron chi connectivity index (χ1n) is 6.12. The SMILES string of the molecule is O=C(C1CC2CCC1C2)N1CCCS1(=O)=O. The summed E-state index contributed by atoms with van der Waals surface area (Å²) in [6.07, 6.45) is 5.03. The Morgan fingerprint density at radius 3 is 2.50 bits per heavy atom. The molecule has 2 bridgehead atoms. The average molecular weight is 243 g/mol. The quantitative estimate of drug-likeness (QED) is 0.690. The van der Waals surface area contributed by atoms with Gasteiger partial charge in [-0.1, -0.05) is 6.42 Å². The van der Waals surface area contributed by atoms with E-state index in [0.29, 0.717) is 24.8 Å². The first-order chi connectivity index (χ1) is 7.58. The van der Waals surface area contributed by atoms with Crippen molar-refractivity contribution in [2.75, 3.05) is 12.3 Å². The summed E-state index contributed by atoms with van der Waals surface area (Å²) < 4.78 is 24.5. The Balaban J connectivity index is 1.79.